The van der Waals surface area contributed by atoms with Gasteiger partial charge in [-0.1, -0.05) is 13.8 Å². The van der Waals surface area contributed by atoms with Crippen LogP contribution in [0.5, 0.6) is 0 Å². The van der Waals surface area contributed by atoms with Gasteiger partial charge in [0.1, 0.15) is 0 Å². The summed E-state index contributed by atoms with van der Waals surface area (Å²) in [5.41, 5.74) is 0.623. The van der Waals surface area contributed by atoms with E-state index in [0.29, 0.717) is 6.54 Å². The summed E-state index contributed by atoms with van der Waals surface area (Å²) in [4.78, 5) is 16.7. The summed E-state index contributed by atoms with van der Waals surface area (Å²) in [6.07, 6.45) is 3.82. The Balaban J connectivity index is 0.00000180. The molecule has 1 atom stereocenters. The van der Waals surface area contributed by atoms with Gasteiger partial charge in [0.25, 0.3) is 0 Å². The smallest absolute Gasteiger partial charge is 0.240 e. The van der Waals surface area contributed by atoms with Gasteiger partial charge in [0.15, 0.2) is 0 Å². The molecule has 20 heavy (non-hydrogen) atoms. The highest BCUT2D eigenvalue weighted by Gasteiger charge is 2.38. The average Bonchev–Trinajstić information content (AvgIpc) is 3.05. The standard InChI is InChI=1S/C13H21N3OS.2ClH/c1-3-11-16-10(9-18-11)8-14-12(17)13(4-2)6-5-7-15-13;;/h9,15H,3-8H2,1-2H3,(H,14,17);2*1H. The number of hydrogen-bond donors (Lipinski definition) is 2. The van der Waals surface area contributed by atoms with Crippen molar-refractivity contribution in [3.8, 4) is 0 Å². The molecule has 1 aromatic rings. The van der Waals surface area contributed by atoms with Gasteiger partial charge in [0.2, 0.25) is 5.91 Å². The van der Waals surface area contributed by atoms with Crippen LogP contribution in [0.2, 0.25) is 0 Å². The molecule has 0 bridgehead atoms. The molecule has 1 unspecified atom stereocenters. The lowest BCUT2D eigenvalue weighted by molar-refractivity contribution is -0.127. The van der Waals surface area contributed by atoms with Crippen molar-refractivity contribution in [2.45, 2.75) is 51.6 Å². The number of nitrogens with one attached hydrogen (secondary N) is 2. The van der Waals surface area contributed by atoms with Gasteiger partial charge in [-0.15, -0.1) is 36.2 Å². The second kappa shape index (κ2) is 8.82. The quantitative estimate of drug-likeness (QED) is 0.867. The Kier molecular flexibility index (Phi) is 8.66. The molecule has 1 aliphatic heterocycles. The minimum atomic E-state index is -0.344. The summed E-state index contributed by atoms with van der Waals surface area (Å²) in [6.45, 7) is 5.64. The lowest BCUT2D eigenvalue weighted by atomic mass is 9.93. The zero-order valence-corrected chi connectivity index (χ0v) is 14.3. The summed E-state index contributed by atoms with van der Waals surface area (Å²) in [7, 11) is 0. The van der Waals surface area contributed by atoms with Crippen LogP contribution in [0.1, 0.15) is 43.8 Å². The fourth-order valence-corrected chi connectivity index (χ4v) is 3.14. The maximum absolute atomic E-state index is 12.3. The first-order valence-electron chi connectivity index (χ1n) is 6.67. The Morgan fingerprint density at radius 3 is 2.75 bits per heavy atom. The van der Waals surface area contributed by atoms with E-state index in [1.807, 2.05) is 5.38 Å². The van der Waals surface area contributed by atoms with E-state index in [1.54, 1.807) is 11.3 Å². The Morgan fingerprint density at radius 2 is 2.25 bits per heavy atom. The maximum Gasteiger partial charge on any atom is 0.240 e. The molecule has 2 N–H and O–H groups in total. The molecule has 0 aliphatic carbocycles. The third-order valence-electron chi connectivity index (χ3n) is 3.61. The van der Waals surface area contributed by atoms with E-state index in [2.05, 4.69) is 29.5 Å². The van der Waals surface area contributed by atoms with Crippen molar-refractivity contribution in [3.63, 3.8) is 0 Å². The monoisotopic (exact) mass is 339 g/mol. The normalized spacial score (nSPS) is 20.9. The molecule has 1 aromatic heterocycles. The van der Waals surface area contributed by atoms with Gasteiger partial charge >= 0.3 is 0 Å². The number of amides is 1. The van der Waals surface area contributed by atoms with Crippen LogP contribution in [0, 0.1) is 0 Å². The summed E-state index contributed by atoms with van der Waals surface area (Å²) in [5.74, 6) is 0.119. The second-order valence-corrected chi connectivity index (χ2v) is 5.68. The Hall–Kier alpha value is -0.360. The largest absolute Gasteiger partial charge is 0.349 e. The lowest BCUT2D eigenvalue weighted by Gasteiger charge is -2.26. The highest BCUT2D eigenvalue weighted by atomic mass is 35.5. The predicted molar refractivity (Wildman–Crippen MR) is 88.1 cm³/mol. The van der Waals surface area contributed by atoms with Gasteiger partial charge in [-0.25, -0.2) is 4.98 Å². The number of rotatable bonds is 5. The van der Waals surface area contributed by atoms with E-state index in [0.717, 1.165) is 42.9 Å². The predicted octanol–water partition coefficient (Wildman–Crippen LogP) is 2.70. The van der Waals surface area contributed by atoms with Crippen LogP contribution < -0.4 is 10.6 Å². The molecule has 2 rings (SSSR count). The molecule has 1 aliphatic rings. The Bertz CT molecular complexity index is 420. The molecule has 1 amide bonds. The fourth-order valence-electron chi connectivity index (χ4n) is 2.39. The summed E-state index contributed by atoms with van der Waals surface area (Å²) in [6, 6.07) is 0. The number of carbonyl (C=O) groups is 1. The summed E-state index contributed by atoms with van der Waals surface area (Å²) >= 11 is 1.66. The van der Waals surface area contributed by atoms with Gasteiger partial charge in [0.05, 0.1) is 22.8 Å². The highest BCUT2D eigenvalue weighted by Crippen LogP contribution is 2.23. The van der Waals surface area contributed by atoms with E-state index in [-0.39, 0.29) is 36.3 Å². The average molecular weight is 340 g/mol. The van der Waals surface area contributed by atoms with Crippen molar-refractivity contribution in [2.24, 2.45) is 0 Å². The number of nitrogens with zero attached hydrogens (tertiary/aromatic N) is 1. The van der Waals surface area contributed by atoms with Crippen molar-refractivity contribution in [2.75, 3.05) is 6.54 Å². The minimum Gasteiger partial charge on any atom is -0.349 e. The number of thiazole rings is 1. The van der Waals surface area contributed by atoms with E-state index in [4.69, 9.17) is 0 Å². The molecule has 0 aromatic carbocycles. The minimum absolute atomic E-state index is 0. The SMILES string of the molecule is CCc1nc(CNC(=O)C2(CC)CCCN2)cs1.Cl.Cl. The summed E-state index contributed by atoms with van der Waals surface area (Å²) in [5, 5.41) is 9.51. The van der Waals surface area contributed by atoms with Crippen molar-refractivity contribution in [3.05, 3.63) is 16.1 Å². The van der Waals surface area contributed by atoms with Crippen molar-refractivity contribution in [1.29, 1.82) is 0 Å². The first kappa shape index (κ1) is 19.6. The third-order valence-corrected chi connectivity index (χ3v) is 4.66. The van der Waals surface area contributed by atoms with Gasteiger partial charge in [0, 0.05) is 5.38 Å². The number of carbonyl (C=O) groups excluding carboxylic acids is 1. The molecule has 0 saturated carbocycles. The van der Waals surface area contributed by atoms with Crippen LogP contribution in [0.3, 0.4) is 0 Å². The van der Waals surface area contributed by atoms with Crippen molar-refractivity contribution < 1.29 is 4.79 Å². The third kappa shape index (κ3) is 4.32. The van der Waals surface area contributed by atoms with Gasteiger partial charge in [-0.2, -0.15) is 0 Å². The van der Waals surface area contributed by atoms with Gasteiger partial charge in [-0.3, -0.25) is 4.79 Å². The van der Waals surface area contributed by atoms with Crippen LogP contribution in [0.25, 0.3) is 0 Å². The number of aromatic nitrogens is 1. The molecule has 2 heterocycles. The van der Waals surface area contributed by atoms with E-state index in [9.17, 15) is 4.79 Å². The number of halogens is 2. The molecule has 116 valence electrons. The van der Waals surface area contributed by atoms with E-state index in [1.165, 1.54) is 0 Å². The van der Waals surface area contributed by atoms with Gasteiger partial charge < -0.3 is 10.6 Å². The maximum atomic E-state index is 12.3. The highest BCUT2D eigenvalue weighted by molar-refractivity contribution is 7.09. The first-order chi connectivity index (χ1) is 8.70. The van der Waals surface area contributed by atoms with Crippen LogP contribution in [-0.2, 0) is 17.8 Å². The number of aryl methyl sites for hydroxylation is 1. The van der Waals surface area contributed by atoms with Crippen LogP contribution in [0.15, 0.2) is 5.38 Å². The van der Waals surface area contributed by atoms with E-state index < -0.39 is 0 Å². The van der Waals surface area contributed by atoms with Crippen LogP contribution in [0.4, 0.5) is 0 Å². The van der Waals surface area contributed by atoms with Crippen molar-refractivity contribution >= 4 is 42.1 Å². The number of hydrogen-bond acceptors (Lipinski definition) is 4. The molecule has 1 fully saturated rings. The topological polar surface area (TPSA) is 54.0 Å². The lowest BCUT2D eigenvalue weighted by Crippen LogP contribution is -2.52. The zero-order valence-electron chi connectivity index (χ0n) is 11.9. The molecule has 7 heteroatoms. The molecular weight excluding hydrogens is 317 g/mol. The van der Waals surface area contributed by atoms with E-state index >= 15 is 0 Å². The van der Waals surface area contributed by atoms with Crippen LogP contribution in [-0.4, -0.2) is 23.0 Å². The molecule has 1 saturated heterocycles. The molecule has 4 nitrogen and oxygen atoms in total. The molecular formula is C13H23Cl2N3OS. The van der Waals surface area contributed by atoms with Crippen molar-refractivity contribution in [1.82, 2.24) is 15.6 Å². The Labute approximate surface area is 137 Å². The fraction of sp³-hybridized carbons (Fsp3) is 0.692. The van der Waals surface area contributed by atoms with Gasteiger partial charge in [-0.05, 0) is 32.2 Å². The summed E-state index contributed by atoms with van der Waals surface area (Å²) < 4.78 is 0. The molecule has 0 spiro atoms. The zero-order chi connectivity index (χ0) is 13.0. The second-order valence-electron chi connectivity index (χ2n) is 4.73. The Morgan fingerprint density at radius 1 is 1.50 bits per heavy atom. The van der Waals surface area contributed by atoms with Crippen LogP contribution >= 0.6 is 36.2 Å². The first-order valence-corrected chi connectivity index (χ1v) is 7.55. The molecule has 0 radical (unpaired) electrons.